The van der Waals surface area contributed by atoms with Crippen LogP contribution in [-0.4, -0.2) is 12.8 Å². The predicted octanol–water partition coefficient (Wildman–Crippen LogP) is 5.66. The minimum atomic E-state index is 0.470. The normalized spacial score (nSPS) is 52.7. The van der Waals surface area contributed by atoms with Gasteiger partial charge in [-0.3, -0.25) is 4.99 Å². The lowest BCUT2D eigenvalue weighted by atomic mass is 9.43. The van der Waals surface area contributed by atoms with Crippen LogP contribution in [0.25, 0.3) is 0 Å². The molecule has 122 valence electrons. The molecule has 4 aliphatic carbocycles. The number of aliphatic imine (C=N–C) groups is 1. The average molecular weight is 300 g/mol. The van der Waals surface area contributed by atoms with Crippen LogP contribution >= 0.6 is 0 Å². The van der Waals surface area contributed by atoms with E-state index in [0.29, 0.717) is 10.8 Å². The third kappa shape index (κ3) is 1.86. The average Bonchev–Trinajstić information content (AvgIpc) is 2.89. The molecule has 3 fully saturated rings. The summed E-state index contributed by atoms with van der Waals surface area (Å²) in [4.78, 5) is 4.49. The van der Waals surface area contributed by atoms with Gasteiger partial charge in [-0.1, -0.05) is 32.8 Å². The van der Waals surface area contributed by atoms with E-state index in [-0.39, 0.29) is 0 Å². The van der Waals surface area contributed by atoms with Gasteiger partial charge in [0, 0.05) is 12.8 Å². The molecular weight excluding hydrogens is 266 g/mol. The van der Waals surface area contributed by atoms with E-state index in [0.717, 1.165) is 23.7 Å². The highest BCUT2D eigenvalue weighted by Gasteiger charge is 2.59. The summed E-state index contributed by atoms with van der Waals surface area (Å²) in [6, 6.07) is 0. The van der Waals surface area contributed by atoms with Gasteiger partial charge in [-0.05, 0) is 85.5 Å². The predicted molar refractivity (Wildman–Crippen MR) is 94.2 cm³/mol. The molecule has 0 aliphatic heterocycles. The largest absolute Gasteiger partial charge is 0.293 e. The molecule has 0 heterocycles. The smallest absolute Gasteiger partial charge is 0.0344 e. The van der Waals surface area contributed by atoms with E-state index in [1.54, 1.807) is 5.57 Å². The summed E-state index contributed by atoms with van der Waals surface area (Å²) in [5, 5.41) is 0. The molecule has 4 aliphatic rings. The lowest BCUT2D eigenvalue weighted by molar-refractivity contribution is -0.0773. The van der Waals surface area contributed by atoms with Gasteiger partial charge in [-0.25, -0.2) is 0 Å². The first-order valence-electron chi connectivity index (χ1n) is 9.66. The molecule has 1 heteroatoms. The molecule has 0 saturated heterocycles. The van der Waals surface area contributed by atoms with Gasteiger partial charge in [0.1, 0.15) is 0 Å². The van der Waals surface area contributed by atoms with Gasteiger partial charge in [-0.15, -0.1) is 0 Å². The van der Waals surface area contributed by atoms with Crippen molar-refractivity contribution in [3.05, 3.63) is 11.6 Å². The Morgan fingerprint density at radius 2 is 1.86 bits per heavy atom. The number of hydrogen-bond acceptors (Lipinski definition) is 1. The van der Waals surface area contributed by atoms with Gasteiger partial charge in [0.05, 0.1) is 0 Å². The highest BCUT2D eigenvalue weighted by Crippen LogP contribution is 2.67. The van der Waals surface area contributed by atoms with E-state index in [1.165, 1.54) is 57.1 Å². The Kier molecular flexibility index (Phi) is 3.37. The van der Waals surface area contributed by atoms with Crippen LogP contribution in [0.3, 0.4) is 0 Å². The van der Waals surface area contributed by atoms with Gasteiger partial charge in [0.15, 0.2) is 0 Å². The maximum Gasteiger partial charge on any atom is 0.0344 e. The van der Waals surface area contributed by atoms with Gasteiger partial charge in [0.2, 0.25) is 0 Å². The minimum Gasteiger partial charge on any atom is -0.293 e. The Labute approximate surface area is 136 Å². The maximum absolute atomic E-state index is 4.49. The van der Waals surface area contributed by atoms with Crippen molar-refractivity contribution in [2.45, 2.75) is 72.1 Å². The fourth-order valence-electron chi connectivity index (χ4n) is 7.25. The van der Waals surface area contributed by atoms with Gasteiger partial charge in [0.25, 0.3) is 0 Å². The van der Waals surface area contributed by atoms with Crippen molar-refractivity contribution >= 4 is 5.71 Å². The van der Waals surface area contributed by atoms with E-state index in [4.69, 9.17) is 0 Å². The molecule has 0 radical (unpaired) electrons. The zero-order valence-electron chi connectivity index (χ0n) is 15.0. The van der Waals surface area contributed by atoms with Crippen molar-refractivity contribution in [1.82, 2.24) is 0 Å². The fraction of sp³-hybridized carbons (Fsp3) is 0.857. The Hall–Kier alpha value is -0.590. The second kappa shape index (κ2) is 4.95. The highest BCUT2D eigenvalue weighted by molar-refractivity contribution is 5.96. The summed E-state index contributed by atoms with van der Waals surface area (Å²) in [7, 11) is 1.97. The summed E-state index contributed by atoms with van der Waals surface area (Å²) < 4.78 is 0. The molecule has 0 spiro atoms. The Morgan fingerprint density at radius 1 is 1.05 bits per heavy atom. The first-order chi connectivity index (χ1) is 10.5. The summed E-state index contributed by atoms with van der Waals surface area (Å²) >= 11 is 0. The van der Waals surface area contributed by atoms with Crippen LogP contribution in [0.4, 0.5) is 0 Å². The summed E-state index contributed by atoms with van der Waals surface area (Å²) in [6.07, 6.45) is 13.8. The topological polar surface area (TPSA) is 12.4 Å². The zero-order valence-corrected chi connectivity index (χ0v) is 15.0. The lowest BCUT2D eigenvalue weighted by Gasteiger charge is -2.61. The number of fused-ring (bicyclic) bond motifs is 5. The quantitative estimate of drug-likeness (QED) is 0.547. The van der Waals surface area contributed by atoms with Gasteiger partial charge < -0.3 is 0 Å². The molecule has 0 aromatic carbocycles. The maximum atomic E-state index is 4.49. The molecule has 6 unspecified atom stereocenters. The lowest BCUT2D eigenvalue weighted by Crippen LogP contribution is -2.53. The van der Waals surface area contributed by atoms with Crippen LogP contribution in [0.15, 0.2) is 16.6 Å². The monoisotopic (exact) mass is 299 g/mol. The Morgan fingerprint density at radius 3 is 2.64 bits per heavy atom. The van der Waals surface area contributed by atoms with E-state index >= 15 is 0 Å². The van der Waals surface area contributed by atoms with Crippen molar-refractivity contribution in [2.75, 3.05) is 7.05 Å². The van der Waals surface area contributed by atoms with Crippen molar-refractivity contribution in [3.8, 4) is 0 Å². The van der Waals surface area contributed by atoms with Crippen molar-refractivity contribution in [3.63, 3.8) is 0 Å². The van der Waals surface area contributed by atoms with Crippen molar-refractivity contribution in [1.29, 1.82) is 0 Å². The molecule has 3 saturated carbocycles. The molecule has 22 heavy (non-hydrogen) atoms. The van der Waals surface area contributed by atoms with Crippen LogP contribution in [0.2, 0.25) is 0 Å². The van der Waals surface area contributed by atoms with Crippen molar-refractivity contribution in [2.24, 2.45) is 39.5 Å². The van der Waals surface area contributed by atoms with Gasteiger partial charge >= 0.3 is 0 Å². The molecule has 1 nitrogen and oxygen atoms in total. The van der Waals surface area contributed by atoms with Crippen LogP contribution in [0.5, 0.6) is 0 Å². The van der Waals surface area contributed by atoms with Crippen LogP contribution in [0, 0.1) is 34.5 Å². The van der Waals surface area contributed by atoms with Crippen LogP contribution in [0.1, 0.15) is 72.1 Å². The number of hydrogen-bond donors (Lipinski definition) is 0. The first-order valence-corrected chi connectivity index (χ1v) is 9.66. The molecule has 6 atom stereocenters. The molecule has 0 amide bonds. The van der Waals surface area contributed by atoms with Gasteiger partial charge in [-0.2, -0.15) is 0 Å². The minimum absolute atomic E-state index is 0.470. The Bertz CT molecular complexity index is 530. The number of rotatable bonds is 0. The summed E-state index contributed by atoms with van der Waals surface area (Å²) in [5.41, 5.74) is 4.17. The molecule has 4 rings (SSSR count). The third-order valence-electron chi connectivity index (χ3n) is 8.58. The molecular formula is C21H33N. The number of allylic oxidation sites excluding steroid dienone is 2. The zero-order chi connectivity index (χ0) is 15.5. The van der Waals surface area contributed by atoms with E-state index < -0.39 is 0 Å². The second-order valence-corrected chi connectivity index (χ2v) is 9.26. The second-order valence-electron chi connectivity index (χ2n) is 9.26. The molecule has 0 bridgehead atoms. The fourth-order valence-corrected chi connectivity index (χ4v) is 7.25. The Balaban J connectivity index is 1.71. The van der Waals surface area contributed by atoms with E-state index in [1.807, 2.05) is 7.05 Å². The van der Waals surface area contributed by atoms with E-state index in [2.05, 4.69) is 31.8 Å². The number of nitrogens with zero attached hydrogens (tertiary/aromatic N) is 1. The third-order valence-corrected chi connectivity index (χ3v) is 8.58. The van der Waals surface area contributed by atoms with Crippen LogP contribution in [-0.2, 0) is 0 Å². The van der Waals surface area contributed by atoms with E-state index in [9.17, 15) is 0 Å². The summed E-state index contributed by atoms with van der Waals surface area (Å²) in [6.45, 7) is 7.80. The summed E-state index contributed by atoms with van der Waals surface area (Å²) in [5.74, 6) is 3.95. The first kappa shape index (κ1) is 15.0. The SMILES string of the molecule is CN=C1C=C2CCC3(C)C4CCC(C)C4CCC3C2(C)CC1. The highest BCUT2D eigenvalue weighted by atomic mass is 14.7. The molecule has 0 aromatic rings. The van der Waals surface area contributed by atoms with Crippen molar-refractivity contribution < 1.29 is 0 Å². The standard InChI is InChI=1S/C21H33N/c1-14-5-7-18-17(14)6-8-19-20(2)12-10-16(22-4)13-15(20)9-11-21(18,19)3/h13-14,17-19H,5-12H2,1-4H3. The van der Waals surface area contributed by atoms with Crippen LogP contribution < -0.4 is 0 Å². The molecule has 0 aromatic heterocycles. The molecule has 0 N–H and O–H groups in total.